The molecule has 4 aromatic heterocycles. The second kappa shape index (κ2) is 6.10. The van der Waals surface area contributed by atoms with Gasteiger partial charge in [0.1, 0.15) is 5.52 Å². The molecule has 0 unspecified atom stereocenters. The Morgan fingerprint density at radius 1 is 0.629 bits per heavy atom. The molecule has 9 rings (SSSR count). The Morgan fingerprint density at radius 2 is 1.51 bits per heavy atom. The molecule has 0 N–H and O–H groups in total. The van der Waals surface area contributed by atoms with Crippen LogP contribution in [0, 0.1) is 0 Å². The van der Waals surface area contributed by atoms with E-state index in [1.54, 1.807) is 0 Å². The third-order valence-corrected chi connectivity index (χ3v) is 7.96. The van der Waals surface area contributed by atoms with Crippen molar-refractivity contribution < 1.29 is 0 Å². The summed E-state index contributed by atoms with van der Waals surface area (Å²) in [5.74, 6) is 0. The lowest BCUT2D eigenvalue weighted by molar-refractivity contribution is 1.24. The predicted octanol–water partition coefficient (Wildman–Crippen LogP) is 6.73. The minimum Gasteiger partial charge on any atom is -0.289 e. The summed E-state index contributed by atoms with van der Waals surface area (Å²) in [6.07, 6.45) is 7.57. The molecule has 2 aliphatic rings. The summed E-state index contributed by atoms with van der Waals surface area (Å²) < 4.78 is 2.24. The van der Waals surface area contributed by atoms with Gasteiger partial charge in [-0.3, -0.25) is 14.4 Å². The van der Waals surface area contributed by atoms with Crippen molar-refractivity contribution in [1.29, 1.82) is 0 Å². The van der Waals surface area contributed by atoms with Crippen LogP contribution < -0.4 is 0 Å². The van der Waals surface area contributed by atoms with Crippen molar-refractivity contribution >= 4 is 38.5 Å². The molecule has 4 heterocycles. The lowest BCUT2D eigenvalue weighted by Crippen LogP contribution is -1.93. The summed E-state index contributed by atoms with van der Waals surface area (Å²) in [5, 5.41) is 2.26. The summed E-state index contributed by atoms with van der Waals surface area (Å²) >= 11 is 0. The van der Waals surface area contributed by atoms with E-state index in [0.717, 1.165) is 51.3 Å². The Hall–Kier alpha value is -4.57. The van der Waals surface area contributed by atoms with Gasteiger partial charge in [-0.05, 0) is 81.3 Å². The summed E-state index contributed by atoms with van der Waals surface area (Å²) in [6, 6.07) is 24.4. The largest absolute Gasteiger partial charge is 0.289 e. The number of hydrogen-bond donors (Lipinski definition) is 0. The number of benzene rings is 3. The molecular weight excluding hydrogens is 428 g/mol. The zero-order valence-electron chi connectivity index (χ0n) is 18.8. The van der Waals surface area contributed by atoms with E-state index in [9.17, 15) is 0 Å². The smallest absolute Gasteiger partial charge is 0.165 e. The maximum atomic E-state index is 5.24. The monoisotopic (exact) mass is 446 g/mol. The van der Waals surface area contributed by atoms with Gasteiger partial charge in [-0.1, -0.05) is 36.4 Å². The highest BCUT2D eigenvalue weighted by Gasteiger charge is 2.28. The van der Waals surface area contributed by atoms with Crippen LogP contribution in [0.5, 0.6) is 0 Å². The van der Waals surface area contributed by atoms with E-state index >= 15 is 0 Å². The first kappa shape index (κ1) is 17.8. The van der Waals surface area contributed by atoms with Crippen molar-refractivity contribution in [2.45, 2.75) is 12.8 Å². The van der Waals surface area contributed by atoms with Gasteiger partial charge in [0.2, 0.25) is 0 Å². The van der Waals surface area contributed by atoms with Crippen LogP contribution in [0.25, 0.3) is 60.7 Å². The third kappa shape index (κ3) is 2.15. The number of rotatable bonds is 0. The molecule has 0 aliphatic heterocycles. The van der Waals surface area contributed by atoms with Gasteiger partial charge >= 0.3 is 0 Å². The molecule has 4 nitrogen and oxygen atoms in total. The van der Waals surface area contributed by atoms with Gasteiger partial charge in [-0.15, -0.1) is 0 Å². The van der Waals surface area contributed by atoms with Crippen LogP contribution in [0.2, 0.25) is 0 Å². The molecule has 0 fully saturated rings. The van der Waals surface area contributed by atoms with Gasteiger partial charge in [-0.2, -0.15) is 0 Å². The van der Waals surface area contributed by atoms with Crippen molar-refractivity contribution in [3.63, 3.8) is 0 Å². The molecular formula is C31H18N4. The molecule has 162 valence electrons. The number of pyridine rings is 3. The van der Waals surface area contributed by atoms with Crippen LogP contribution in [-0.4, -0.2) is 19.4 Å². The normalized spacial score (nSPS) is 13.5. The molecule has 0 radical (unpaired) electrons. The minimum atomic E-state index is 0.900. The molecule has 0 saturated carbocycles. The van der Waals surface area contributed by atoms with Gasteiger partial charge in [0.15, 0.2) is 5.65 Å². The van der Waals surface area contributed by atoms with Crippen molar-refractivity contribution in [1.82, 2.24) is 19.4 Å². The fourth-order valence-corrected chi connectivity index (χ4v) is 6.44. The number of fused-ring (bicyclic) bond motifs is 15. The van der Waals surface area contributed by atoms with E-state index in [2.05, 4.69) is 70.0 Å². The highest BCUT2D eigenvalue weighted by molar-refractivity contribution is 6.12. The number of nitrogens with zero attached hydrogens (tertiary/aromatic N) is 4. The van der Waals surface area contributed by atoms with Gasteiger partial charge in [0, 0.05) is 29.6 Å². The second-order valence-corrected chi connectivity index (χ2v) is 9.70. The van der Waals surface area contributed by atoms with E-state index in [-0.39, 0.29) is 0 Å². The van der Waals surface area contributed by atoms with Crippen LogP contribution in [0.1, 0.15) is 22.3 Å². The molecule has 0 atom stereocenters. The summed E-state index contributed by atoms with van der Waals surface area (Å²) in [4.78, 5) is 14.4. The van der Waals surface area contributed by atoms with E-state index in [1.165, 1.54) is 44.5 Å². The van der Waals surface area contributed by atoms with Gasteiger partial charge in [0.25, 0.3) is 0 Å². The van der Waals surface area contributed by atoms with Crippen LogP contribution in [0.15, 0.2) is 85.3 Å². The summed E-state index contributed by atoms with van der Waals surface area (Å²) in [7, 11) is 0. The predicted molar refractivity (Wildman–Crippen MR) is 140 cm³/mol. The Labute approximate surface area is 200 Å². The molecule has 3 aromatic carbocycles. The standard InChI is InChI=1S/C31H18N4/c1-2-5-20-17(4-1)12-18-13-25-19(14-24(18)20)15-26-21(25)7-8-27-29(26)34-31-30-23(6-3-10-33-30)22-9-11-32-16-28(22)35(27)31/h1-11,13-14,16H,12,15H2. The fraction of sp³-hybridized carbons (Fsp3) is 0.0645. The van der Waals surface area contributed by atoms with E-state index in [4.69, 9.17) is 9.97 Å². The second-order valence-electron chi connectivity index (χ2n) is 9.70. The number of hydrogen-bond acceptors (Lipinski definition) is 3. The molecule has 0 spiro atoms. The highest BCUT2D eigenvalue weighted by atomic mass is 15.0. The summed E-state index contributed by atoms with van der Waals surface area (Å²) in [6.45, 7) is 0. The molecule has 35 heavy (non-hydrogen) atoms. The van der Waals surface area contributed by atoms with E-state index < -0.39 is 0 Å². The first-order valence-electron chi connectivity index (χ1n) is 12.0. The third-order valence-electron chi connectivity index (χ3n) is 7.96. The quantitative estimate of drug-likeness (QED) is 0.243. The highest BCUT2D eigenvalue weighted by Crippen LogP contribution is 2.46. The molecule has 0 amide bonds. The Morgan fingerprint density at radius 3 is 2.49 bits per heavy atom. The minimum absolute atomic E-state index is 0.900. The van der Waals surface area contributed by atoms with Gasteiger partial charge in [0.05, 0.1) is 22.7 Å². The van der Waals surface area contributed by atoms with Crippen LogP contribution >= 0.6 is 0 Å². The first-order chi connectivity index (χ1) is 17.3. The lowest BCUT2D eigenvalue weighted by atomic mass is 9.98. The molecule has 0 saturated heterocycles. The van der Waals surface area contributed by atoms with Crippen molar-refractivity contribution in [3.8, 4) is 22.3 Å². The van der Waals surface area contributed by atoms with Gasteiger partial charge in [-0.25, -0.2) is 4.98 Å². The number of aromatic nitrogens is 4. The Bertz CT molecular complexity index is 2070. The summed E-state index contributed by atoms with van der Waals surface area (Å²) in [5.41, 5.74) is 16.1. The van der Waals surface area contributed by atoms with Crippen molar-refractivity contribution in [3.05, 3.63) is 108 Å². The SMILES string of the molecule is c1ccc2c(c1)Cc1cc3c(cc1-2)Cc1c-3ccc2c1nc1c3ncccc3c3ccncc3n21. The molecule has 0 bridgehead atoms. The number of imidazole rings is 1. The molecule has 7 aromatic rings. The van der Waals surface area contributed by atoms with Crippen LogP contribution in [0.4, 0.5) is 0 Å². The Kier molecular flexibility index (Phi) is 3.11. The molecule has 2 aliphatic carbocycles. The average Bonchev–Trinajstić information content (AvgIpc) is 3.58. The van der Waals surface area contributed by atoms with Crippen LogP contribution in [0.3, 0.4) is 0 Å². The first-order valence-corrected chi connectivity index (χ1v) is 12.0. The molecule has 4 heteroatoms. The average molecular weight is 447 g/mol. The van der Waals surface area contributed by atoms with E-state index in [0.29, 0.717) is 0 Å². The van der Waals surface area contributed by atoms with Gasteiger partial charge < -0.3 is 0 Å². The fourth-order valence-electron chi connectivity index (χ4n) is 6.44. The topological polar surface area (TPSA) is 43.1 Å². The van der Waals surface area contributed by atoms with Crippen molar-refractivity contribution in [2.75, 3.05) is 0 Å². The maximum Gasteiger partial charge on any atom is 0.165 e. The van der Waals surface area contributed by atoms with E-state index in [1.807, 2.05) is 24.7 Å². The lowest BCUT2D eigenvalue weighted by Gasteiger charge is -2.08. The van der Waals surface area contributed by atoms with Crippen LogP contribution in [-0.2, 0) is 12.8 Å². The zero-order chi connectivity index (χ0) is 22.7. The maximum absolute atomic E-state index is 5.24. The Balaban J connectivity index is 1.35. The zero-order valence-corrected chi connectivity index (χ0v) is 18.8. The van der Waals surface area contributed by atoms with Crippen molar-refractivity contribution in [2.24, 2.45) is 0 Å².